The summed E-state index contributed by atoms with van der Waals surface area (Å²) in [5.74, 6) is 0.738. The standard InChI is InChI=1S/C18H20FN3O2/c1-21-10-12-22(13-11-21)20-18(23)9-7-16-6-8-17(24-16)14-2-4-15(19)5-3-14/h2-9H,10-13H2,1H3,(H,20,23)/b9-7+. The minimum atomic E-state index is -0.286. The lowest BCUT2D eigenvalue weighted by atomic mass is 10.2. The van der Waals surface area contributed by atoms with Gasteiger partial charge in [-0.25, -0.2) is 9.40 Å². The van der Waals surface area contributed by atoms with Gasteiger partial charge in [0, 0.05) is 37.8 Å². The Hall–Kier alpha value is -2.44. The van der Waals surface area contributed by atoms with Crippen molar-refractivity contribution in [1.82, 2.24) is 15.3 Å². The normalized spacial score (nSPS) is 16.6. The molecule has 126 valence electrons. The number of piperazine rings is 1. The summed E-state index contributed by atoms with van der Waals surface area (Å²) in [5.41, 5.74) is 3.64. The average molecular weight is 329 g/mol. The van der Waals surface area contributed by atoms with Crippen LogP contribution in [0.4, 0.5) is 4.39 Å². The third-order valence-electron chi connectivity index (χ3n) is 3.93. The summed E-state index contributed by atoms with van der Waals surface area (Å²) >= 11 is 0. The second-order valence-corrected chi connectivity index (χ2v) is 5.81. The highest BCUT2D eigenvalue weighted by Gasteiger charge is 2.14. The van der Waals surface area contributed by atoms with E-state index in [-0.39, 0.29) is 11.7 Å². The number of hydrogen-bond acceptors (Lipinski definition) is 4. The molecule has 6 heteroatoms. The molecule has 0 saturated carbocycles. The van der Waals surface area contributed by atoms with Crippen LogP contribution in [0.2, 0.25) is 0 Å². The van der Waals surface area contributed by atoms with Gasteiger partial charge in [0.2, 0.25) is 0 Å². The highest BCUT2D eigenvalue weighted by molar-refractivity contribution is 5.91. The number of halogens is 1. The van der Waals surface area contributed by atoms with Gasteiger partial charge in [-0.2, -0.15) is 0 Å². The summed E-state index contributed by atoms with van der Waals surface area (Å²) in [7, 11) is 2.06. The first kappa shape index (κ1) is 16.4. The molecular weight excluding hydrogens is 309 g/mol. The molecule has 0 spiro atoms. The van der Waals surface area contributed by atoms with Crippen molar-refractivity contribution in [3.05, 3.63) is 54.1 Å². The van der Waals surface area contributed by atoms with E-state index in [1.807, 2.05) is 5.01 Å². The van der Waals surface area contributed by atoms with Crippen molar-refractivity contribution in [3.8, 4) is 11.3 Å². The summed E-state index contributed by atoms with van der Waals surface area (Å²) in [6.45, 7) is 3.49. The Morgan fingerprint density at radius 2 is 1.83 bits per heavy atom. The quantitative estimate of drug-likeness (QED) is 0.875. The van der Waals surface area contributed by atoms with E-state index in [1.54, 1.807) is 30.3 Å². The molecular formula is C18H20FN3O2. The van der Waals surface area contributed by atoms with Crippen molar-refractivity contribution in [1.29, 1.82) is 0 Å². The first-order chi connectivity index (χ1) is 11.6. The maximum absolute atomic E-state index is 12.9. The van der Waals surface area contributed by atoms with Crippen LogP contribution in [0.3, 0.4) is 0 Å². The van der Waals surface area contributed by atoms with E-state index in [0.29, 0.717) is 11.5 Å². The predicted molar refractivity (Wildman–Crippen MR) is 90.3 cm³/mol. The highest BCUT2D eigenvalue weighted by atomic mass is 19.1. The van der Waals surface area contributed by atoms with Gasteiger partial charge < -0.3 is 9.32 Å². The predicted octanol–water partition coefficient (Wildman–Crippen LogP) is 2.38. The summed E-state index contributed by atoms with van der Waals surface area (Å²) in [6, 6.07) is 9.65. The van der Waals surface area contributed by atoms with Gasteiger partial charge in [0.05, 0.1) is 0 Å². The fourth-order valence-electron chi connectivity index (χ4n) is 2.48. The minimum Gasteiger partial charge on any atom is -0.457 e. The Labute approximate surface area is 140 Å². The van der Waals surface area contributed by atoms with Crippen LogP contribution in [0, 0.1) is 5.82 Å². The second kappa shape index (κ2) is 7.42. The van der Waals surface area contributed by atoms with E-state index in [2.05, 4.69) is 17.4 Å². The zero-order valence-electron chi connectivity index (χ0n) is 13.5. The number of amides is 1. The molecule has 1 aliphatic heterocycles. The van der Waals surface area contributed by atoms with Gasteiger partial charge in [-0.1, -0.05) is 0 Å². The van der Waals surface area contributed by atoms with Gasteiger partial charge in [0.15, 0.2) is 0 Å². The van der Waals surface area contributed by atoms with Crippen molar-refractivity contribution >= 4 is 12.0 Å². The summed E-state index contributed by atoms with van der Waals surface area (Å²) < 4.78 is 18.6. The fourth-order valence-corrected chi connectivity index (χ4v) is 2.48. The van der Waals surface area contributed by atoms with Crippen LogP contribution >= 0.6 is 0 Å². The van der Waals surface area contributed by atoms with E-state index in [9.17, 15) is 9.18 Å². The number of rotatable bonds is 4. The Kier molecular flexibility index (Phi) is 5.08. The van der Waals surface area contributed by atoms with Crippen LogP contribution in [0.1, 0.15) is 5.76 Å². The van der Waals surface area contributed by atoms with Gasteiger partial charge in [-0.15, -0.1) is 0 Å². The molecule has 1 aliphatic rings. The smallest absolute Gasteiger partial charge is 0.258 e. The molecule has 5 nitrogen and oxygen atoms in total. The zero-order valence-corrected chi connectivity index (χ0v) is 13.5. The fraction of sp³-hybridized carbons (Fsp3) is 0.278. The molecule has 1 aromatic heterocycles. The zero-order chi connectivity index (χ0) is 16.9. The maximum Gasteiger partial charge on any atom is 0.258 e. The summed E-state index contributed by atoms with van der Waals surface area (Å²) in [6.07, 6.45) is 3.07. The SMILES string of the molecule is CN1CCN(NC(=O)/C=C/c2ccc(-c3ccc(F)cc3)o2)CC1. The summed E-state index contributed by atoms with van der Waals surface area (Å²) in [4.78, 5) is 14.2. The molecule has 2 heterocycles. The number of carbonyl (C=O) groups is 1. The number of furan rings is 1. The Morgan fingerprint density at radius 1 is 1.12 bits per heavy atom. The lowest BCUT2D eigenvalue weighted by molar-refractivity contribution is -0.121. The number of nitrogens with one attached hydrogen (secondary N) is 1. The van der Waals surface area contributed by atoms with Crippen LogP contribution in [0.25, 0.3) is 17.4 Å². The van der Waals surface area contributed by atoms with Crippen molar-refractivity contribution in [3.63, 3.8) is 0 Å². The molecule has 0 bridgehead atoms. The highest BCUT2D eigenvalue weighted by Crippen LogP contribution is 2.22. The molecule has 2 aromatic rings. The first-order valence-electron chi connectivity index (χ1n) is 7.88. The Bertz CT molecular complexity index is 716. The van der Waals surface area contributed by atoms with Crippen LogP contribution in [-0.4, -0.2) is 49.0 Å². The molecule has 0 atom stereocenters. The largest absolute Gasteiger partial charge is 0.457 e. The lowest BCUT2D eigenvalue weighted by Crippen LogP contribution is -2.52. The third-order valence-corrected chi connectivity index (χ3v) is 3.93. The van der Waals surface area contributed by atoms with Crippen LogP contribution in [0.5, 0.6) is 0 Å². The van der Waals surface area contributed by atoms with Gasteiger partial charge in [0.1, 0.15) is 17.3 Å². The van der Waals surface area contributed by atoms with Crippen molar-refractivity contribution < 1.29 is 13.6 Å². The van der Waals surface area contributed by atoms with E-state index in [1.165, 1.54) is 18.2 Å². The molecule has 24 heavy (non-hydrogen) atoms. The topological polar surface area (TPSA) is 48.7 Å². The number of benzene rings is 1. The number of carbonyl (C=O) groups excluding carboxylic acids is 1. The van der Waals surface area contributed by atoms with E-state index < -0.39 is 0 Å². The Morgan fingerprint density at radius 3 is 2.54 bits per heavy atom. The number of nitrogens with zero attached hydrogens (tertiary/aromatic N) is 2. The van der Waals surface area contributed by atoms with Crippen LogP contribution < -0.4 is 5.43 Å². The molecule has 1 amide bonds. The number of likely N-dealkylation sites (N-methyl/N-ethyl adjacent to an activating group) is 1. The van der Waals surface area contributed by atoms with Crippen molar-refractivity contribution in [2.45, 2.75) is 0 Å². The van der Waals surface area contributed by atoms with E-state index >= 15 is 0 Å². The molecule has 3 rings (SSSR count). The van der Waals surface area contributed by atoms with Gasteiger partial charge in [-0.05, 0) is 49.5 Å². The van der Waals surface area contributed by atoms with Crippen molar-refractivity contribution in [2.75, 3.05) is 33.2 Å². The van der Waals surface area contributed by atoms with Crippen molar-refractivity contribution in [2.24, 2.45) is 0 Å². The van der Waals surface area contributed by atoms with Crippen LogP contribution in [-0.2, 0) is 4.79 Å². The monoisotopic (exact) mass is 329 g/mol. The Balaban J connectivity index is 1.56. The molecule has 0 aliphatic carbocycles. The minimum absolute atomic E-state index is 0.181. The molecule has 0 radical (unpaired) electrons. The average Bonchev–Trinajstić information content (AvgIpc) is 3.05. The summed E-state index contributed by atoms with van der Waals surface area (Å²) in [5, 5.41) is 1.92. The van der Waals surface area contributed by atoms with Crippen LogP contribution in [0.15, 0.2) is 46.9 Å². The first-order valence-corrected chi connectivity index (χ1v) is 7.88. The lowest BCUT2D eigenvalue weighted by Gasteiger charge is -2.31. The number of hydrazine groups is 1. The second-order valence-electron chi connectivity index (χ2n) is 5.81. The number of hydrogen-bond donors (Lipinski definition) is 1. The van der Waals surface area contributed by atoms with E-state index in [0.717, 1.165) is 31.7 Å². The molecule has 1 saturated heterocycles. The van der Waals surface area contributed by atoms with Gasteiger partial charge >= 0.3 is 0 Å². The van der Waals surface area contributed by atoms with Gasteiger partial charge in [0.25, 0.3) is 5.91 Å². The third kappa shape index (κ3) is 4.31. The molecule has 1 aromatic carbocycles. The molecule has 1 N–H and O–H groups in total. The van der Waals surface area contributed by atoms with Gasteiger partial charge in [-0.3, -0.25) is 10.2 Å². The molecule has 0 unspecified atom stereocenters. The maximum atomic E-state index is 12.9. The molecule has 1 fully saturated rings. The van der Waals surface area contributed by atoms with E-state index in [4.69, 9.17) is 4.42 Å².